The first-order valence-electron chi connectivity index (χ1n) is 8.35. The SMILES string of the molecule is CCCN(CCC)CCCNC1CCC(C(=O)O)CC1. The molecule has 0 saturated heterocycles. The number of nitrogens with one attached hydrogen (secondary N) is 1. The Balaban J connectivity index is 2.08. The zero-order valence-corrected chi connectivity index (χ0v) is 13.2. The Kier molecular flexibility index (Phi) is 8.86. The normalized spacial score (nSPS) is 23.1. The van der Waals surface area contributed by atoms with Crippen LogP contribution in [0, 0.1) is 5.92 Å². The summed E-state index contributed by atoms with van der Waals surface area (Å²) < 4.78 is 0. The molecule has 0 amide bonds. The van der Waals surface area contributed by atoms with Gasteiger partial charge in [0.15, 0.2) is 0 Å². The molecule has 4 nitrogen and oxygen atoms in total. The second-order valence-corrected chi connectivity index (χ2v) is 6.04. The third-order valence-electron chi connectivity index (χ3n) is 4.24. The molecular formula is C16H32N2O2. The van der Waals surface area contributed by atoms with Gasteiger partial charge in [0.2, 0.25) is 0 Å². The molecular weight excluding hydrogens is 252 g/mol. The summed E-state index contributed by atoms with van der Waals surface area (Å²) in [7, 11) is 0. The van der Waals surface area contributed by atoms with Crippen LogP contribution in [0.15, 0.2) is 0 Å². The largest absolute Gasteiger partial charge is 0.481 e. The Morgan fingerprint density at radius 3 is 2.20 bits per heavy atom. The molecule has 1 fully saturated rings. The van der Waals surface area contributed by atoms with Crippen molar-refractivity contribution in [2.24, 2.45) is 5.92 Å². The average Bonchev–Trinajstić information content (AvgIpc) is 2.44. The lowest BCUT2D eigenvalue weighted by molar-refractivity contribution is -0.142. The van der Waals surface area contributed by atoms with Crippen LogP contribution in [-0.4, -0.2) is 48.2 Å². The molecule has 1 rings (SSSR count). The van der Waals surface area contributed by atoms with Gasteiger partial charge in [-0.3, -0.25) is 4.79 Å². The van der Waals surface area contributed by atoms with Gasteiger partial charge in [-0.1, -0.05) is 13.8 Å². The average molecular weight is 284 g/mol. The van der Waals surface area contributed by atoms with E-state index in [4.69, 9.17) is 5.11 Å². The quantitative estimate of drug-likeness (QED) is 0.606. The van der Waals surface area contributed by atoms with Crippen LogP contribution in [0.2, 0.25) is 0 Å². The summed E-state index contributed by atoms with van der Waals surface area (Å²) in [4.78, 5) is 13.4. The smallest absolute Gasteiger partial charge is 0.306 e. The third kappa shape index (κ3) is 6.71. The molecule has 1 saturated carbocycles. The molecule has 1 aliphatic rings. The molecule has 0 aromatic rings. The first-order valence-corrected chi connectivity index (χ1v) is 8.35. The van der Waals surface area contributed by atoms with E-state index in [-0.39, 0.29) is 5.92 Å². The summed E-state index contributed by atoms with van der Waals surface area (Å²) >= 11 is 0. The van der Waals surface area contributed by atoms with E-state index in [2.05, 4.69) is 24.1 Å². The van der Waals surface area contributed by atoms with E-state index in [0.29, 0.717) is 6.04 Å². The van der Waals surface area contributed by atoms with Crippen molar-refractivity contribution < 1.29 is 9.90 Å². The van der Waals surface area contributed by atoms with Gasteiger partial charge >= 0.3 is 5.97 Å². The Morgan fingerprint density at radius 2 is 1.70 bits per heavy atom. The van der Waals surface area contributed by atoms with Crippen LogP contribution in [0.3, 0.4) is 0 Å². The predicted octanol–water partition coefficient (Wildman–Crippen LogP) is 2.73. The Labute approximate surface area is 123 Å². The van der Waals surface area contributed by atoms with Crippen molar-refractivity contribution in [3.63, 3.8) is 0 Å². The monoisotopic (exact) mass is 284 g/mol. The standard InChI is InChI=1S/C16H32N2O2/c1-3-11-18(12-4-2)13-5-10-17-15-8-6-14(7-9-15)16(19)20/h14-15,17H,3-13H2,1-2H3,(H,19,20). The Bertz CT molecular complexity index is 257. The number of rotatable bonds is 10. The van der Waals surface area contributed by atoms with Crippen molar-refractivity contribution in [1.82, 2.24) is 10.2 Å². The lowest BCUT2D eigenvalue weighted by Crippen LogP contribution is -2.36. The summed E-state index contributed by atoms with van der Waals surface area (Å²) in [5.41, 5.74) is 0. The second kappa shape index (κ2) is 10.2. The Morgan fingerprint density at radius 1 is 1.10 bits per heavy atom. The molecule has 118 valence electrons. The summed E-state index contributed by atoms with van der Waals surface area (Å²) in [6.45, 7) is 9.13. The van der Waals surface area contributed by atoms with Crippen LogP contribution in [0.1, 0.15) is 58.8 Å². The van der Waals surface area contributed by atoms with E-state index in [1.54, 1.807) is 0 Å². The number of nitrogens with zero attached hydrogens (tertiary/aromatic N) is 1. The summed E-state index contributed by atoms with van der Waals surface area (Å²) in [6, 6.07) is 0.538. The maximum atomic E-state index is 10.9. The van der Waals surface area contributed by atoms with E-state index < -0.39 is 5.97 Å². The van der Waals surface area contributed by atoms with Crippen LogP contribution in [0.5, 0.6) is 0 Å². The summed E-state index contributed by atoms with van der Waals surface area (Å²) in [5, 5.41) is 12.6. The van der Waals surface area contributed by atoms with Crippen LogP contribution in [0.25, 0.3) is 0 Å². The fourth-order valence-electron chi connectivity index (χ4n) is 3.12. The van der Waals surface area contributed by atoms with Gasteiger partial charge in [0.25, 0.3) is 0 Å². The maximum Gasteiger partial charge on any atom is 0.306 e. The first kappa shape index (κ1) is 17.4. The molecule has 0 bridgehead atoms. The zero-order chi connectivity index (χ0) is 14.8. The van der Waals surface area contributed by atoms with Gasteiger partial charge in [-0.05, 0) is 71.1 Å². The number of carbonyl (C=O) groups is 1. The van der Waals surface area contributed by atoms with Gasteiger partial charge in [-0.2, -0.15) is 0 Å². The highest BCUT2D eigenvalue weighted by molar-refractivity contribution is 5.70. The molecule has 1 aliphatic carbocycles. The lowest BCUT2D eigenvalue weighted by atomic mass is 9.86. The molecule has 0 aromatic heterocycles. The zero-order valence-electron chi connectivity index (χ0n) is 13.2. The second-order valence-electron chi connectivity index (χ2n) is 6.04. The van der Waals surface area contributed by atoms with Gasteiger partial charge in [0.1, 0.15) is 0 Å². The predicted molar refractivity (Wildman–Crippen MR) is 83.0 cm³/mol. The van der Waals surface area contributed by atoms with Crippen LogP contribution in [-0.2, 0) is 4.79 Å². The Hall–Kier alpha value is -0.610. The molecule has 20 heavy (non-hydrogen) atoms. The minimum Gasteiger partial charge on any atom is -0.481 e. The molecule has 0 spiro atoms. The van der Waals surface area contributed by atoms with Crippen molar-refractivity contribution >= 4 is 5.97 Å². The van der Waals surface area contributed by atoms with Crippen molar-refractivity contribution in [3.8, 4) is 0 Å². The van der Waals surface area contributed by atoms with Crippen LogP contribution < -0.4 is 5.32 Å². The van der Waals surface area contributed by atoms with Crippen LogP contribution in [0.4, 0.5) is 0 Å². The topological polar surface area (TPSA) is 52.6 Å². The van der Waals surface area contributed by atoms with E-state index in [1.807, 2.05) is 0 Å². The molecule has 0 radical (unpaired) electrons. The number of hydrogen-bond donors (Lipinski definition) is 2. The van der Waals surface area contributed by atoms with Gasteiger partial charge in [0.05, 0.1) is 5.92 Å². The van der Waals surface area contributed by atoms with Crippen molar-refractivity contribution in [1.29, 1.82) is 0 Å². The fourth-order valence-corrected chi connectivity index (χ4v) is 3.12. The molecule has 0 aromatic carbocycles. The van der Waals surface area contributed by atoms with E-state index in [1.165, 1.54) is 38.9 Å². The third-order valence-corrected chi connectivity index (χ3v) is 4.24. The first-order chi connectivity index (χ1) is 9.67. The molecule has 0 aliphatic heterocycles. The van der Waals surface area contributed by atoms with Gasteiger partial charge in [-0.15, -0.1) is 0 Å². The van der Waals surface area contributed by atoms with Crippen molar-refractivity contribution in [2.45, 2.75) is 64.8 Å². The number of aliphatic carboxylic acids is 1. The van der Waals surface area contributed by atoms with E-state index >= 15 is 0 Å². The van der Waals surface area contributed by atoms with E-state index in [9.17, 15) is 4.79 Å². The highest BCUT2D eigenvalue weighted by atomic mass is 16.4. The molecule has 0 atom stereocenters. The van der Waals surface area contributed by atoms with Crippen molar-refractivity contribution in [2.75, 3.05) is 26.2 Å². The molecule has 0 heterocycles. The molecule has 2 N–H and O–H groups in total. The molecule has 0 unspecified atom stereocenters. The van der Waals surface area contributed by atoms with Gasteiger partial charge in [-0.25, -0.2) is 0 Å². The van der Waals surface area contributed by atoms with Gasteiger partial charge < -0.3 is 15.3 Å². The minimum atomic E-state index is -0.613. The molecule has 4 heteroatoms. The summed E-state index contributed by atoms with van der Waals surface area (Å²) in [5.74, 6) is -0.712. The summed E-state index contributed by atoms with van der Waals surface area (Å²) in [6.07, 6.45) is 7.36. The van der Waals surface area contributed by atoms with Gasteiger partial charge in [0, 0.05) is 6.04 Å². The van der Waals surface area contributed by atoms with Crippen LogP contribution >= 0.6 is 0 Å². The van der Waals surface area contributed by atoms with Crippen molar-refractivity contribution in [3.05, 3.63) is 0 Å². The lowest BCUT2D eigenvalue weighted by Gasteiger charge is -2.27. The van der Waals surface area contributed by atoms with E-state index in [0.717, 1.165) is 32.2 Å². The highest BCUT2D eigenvalue weighted by Gasteiger charge is 2.25. The number of carboxylic acids is 1. The number of hydrogen-bond acceptors (Lipinski definition) is 3. The number of carboxylic acid groups (broad SMARTS) is 1. The highest BCUT2D eigenvalue weighted by Crippen LogP contribution is 2.24. The maximum absolute atomic E-state index is 10.9. The minimum absolute atomic E-state index is 0.0994. The fraction of sp³-hybridized carbons (Fsp3) is 0.938.